The van der Waals surface area contributed by atoms with E-state index in [0.29, 0.717) is 19.7 Å². The number of rotatable bonds is 7. The number of methoxy groups -OCH3 is 1. The Bertz CT molecular complexity index is 778. The van der Waals surface area contributed by atoms with E-state index in [2.05, 4.69) is 27.8 Å². The molecule has 4 nitrogen and oxygen atoms in total. The number of halogens is 2. The van der Waals surface area contributed by atoms with Gasteiger partial charge in [0, 0.05) is 32.7 Å². The highest BCUT2D eigenvalue weighted by molar-refractivity contribution is 14.0. The van der Waals surface area contributed by atoms with Gasteiger partial charge in [-0.1, -0.05) is 42.5 Å². The molecule has 1 saturated carbocycles. The fourth-order valence-electron chi connectivity index (χ4n) is 3.24. The van der Waals surface area contributed by atoms with Crippen LogP contribution in [0.15, 0.2) is 53.5 Å². The van der Waals surface area contributed by atoms with Gasteiger partial charge in [0.15, 0.2) is 5.96 Å². The maximum atomic E-state index is 14.1. The SMILES string of the molecule is CN=C(NCc1cccc(COC)c1)NCC1(c2ccccc2F)CC1.I. The third-order valence-electron chi connectivity index (χ3n) is 4.88. The first-order valence-electron chi connectivity index (χ1n) is 8.93. The predicted molar refractivity (Wildman–Crippen MR) is 118 cm³/mol. The summed E-state index contributed by atoms with van der Waals surface area (Å²) in [6, 6.07) is 15.3. The third kappa shape index (κ3) is 5.65. The summed E-state index contributed by atoms with van der Waals surface area (Å²) in [5.41, 5.74) is 3.00. The summed E-state index contributed by atoms with van der Waals surface area (Å²) < 4.78 is 19.3. The van der Waals surface area contributed by atoms with Crippen molar-refractivity contribution in [2.45, 2.75) is 31.4 Å². The minimum atomic E-state index is -0.121. The summed E-state index contributed by atoms with van der Waals surface area (Å²) in [4.78, 5) is 4.28. The zero-order chi connectivity index (χ0) is 18.4. The van der Waals surface area contributed by atoms with Crippen LogP contribution in [0.2, 0.25) is 0 Å². The van der Waals surface area contributed by atoms with E-state index in [4.69, 9.17) is 4.74 Å². The van der Waals surface area contributed by atoms with E-state index in [-0.39, 0.29) is 35.2 Å². The number of nitrogens with one attached hydrogen (secondary N) is 2. The minimum Gasteiger partial charge on any atom is -0.380 e. The van der Waals surface area contributed by atoms with Gasteiger partial charge in [-0.3, -0.25) is 4.99 Å². The summed E-state index contributed by atoms with van der Waals surface area (Å²) in [5.74, 6) is 0.606. The molecular formula is C21H27FIN3O. The van der Waals surface area contributed by atoms with Gasteiger partial charge in [0.25, 0.3) is 0 Å². The summed E-state index contributed by atoms with van der Waals surface area (Å²) in [5, 5.41) is 6.68. The van der Waals surface area contributed by atoms with Crippen LogP contribution in [0.1, 0.15) is 29.5 Å². The molecule has 0 aliphatic heterocycles. The summed E-state index contributed by atoms with van der Waals surface area (Å²) in [7, 11) is 3.44. The highest BCUT2D eigenvalue weighted by atomic mass is 127. The van der Waals surface area contributed by atoms with Crippen LogP contribution in [0.3, 0.4) is 0 Å². The lowest BCUT2D eigenvalue weighted by Crippen LogP contribution is -2.41. The maximum Gasteiger partial charge on any atom is 0.191 e. The summed E-state index contributed by atoms with van der Waals surface area (Å²) >= 11 is 0. The number of ether oxygens (including phenoxy) is 1. The topological polar surface area (TPSA) is 45.7 Å². The van der Waals surface area contributed by atoms with Crippen molar-refractivity contribution in [2.75, 3.05) is 20.7 Å². The average Bonchev–Trinajstić information content (AvgIpc) is 3.44. The third-order valence-corrected chi connectivity index (χ3v) is 4.88. The van der Waals surface area contributed by atoms with E-state index in [9.17, 15) is 4.39 Å². The van der Waals surface area contributed by atoms with Gasteiger partial charge in [0.2, 0.25) is 0 Å². The summed E-state index contributed by atoms with van der Waals surface area (Å²) in [6.45, 7) is 1.95. The fourth-order valence-corrected chi connectivity index (χ4v) is 3.24. The van der Waals surface area contributed by atoms with E-state index in [1.807, 2.05) is 24.3 Å². The first-order valence-corrected chi connectivity index (χ1v) is 8.93. The van der Waals surface area contributed by atoms with Crippen LogP contribution in [0, 0.1) is 5.82 Å². The van der Waals surface area contributed by atoms with Crippen LogP contribution < -0.4 is 10.6 Å². The lowest BCUT2D eigenvalue weighted by atomic mass is 9.95. The normalized spacial score (nSPS) is 15.0. The molecule has 0 spiro atoms. The molecule has 0 unspecified atom stereocenters. The molecule has 3 rings (SSSR count). The molecular weight excluding hydrogens is 456 g/mol. The number of nitrogens with zero attached hydrogens (tertiary/aromatic N) is 1. The van der Waals surface area contributed by atoms with Crippen LogP contribution in [0.25, 0.3) is 0 Å². The van der Waals surface area contributed by atoms with E-state index in [1.165, 1.54) is 6.07 Å². The van der Waals surface area contributed by atoms with Crippen LogP contribution in [-0.2, 0) is 23.3 Å². The van der Waals surface area contributed by atoms with Gasteiger partial charge in [0.05, 0.1) is 6.61 Å². The molecule has 1 aliphatic rings. The van der Waals surface area contributed by atoms with Crippen molar-refractivity contribution in [3.63, 3.8) is 0 Å². The highest BCUT2D eigenvalue weighted by Gasteiger charge is 2.45. The Morgan fingerprint density at radius 2 is 1.85 bits per heavy atom. The molecule has 0 heterocycles. The zero-order valence-corrected chi connectivity index (χ0v) is 18.1. The first kappa shape index (κ1) is 21.6. The number of hydrogen-bond donors (Lipinski definition) is 2. The Morgan fingerprint density at radius 1 is 1.11 bits per heavy atom. The second kappa shape index (κ2) is 10.0. The molecule has 146 valence electrons. The van der Waals surface area contributed by atoms with Crippen molar-refractivity contribution in [3.05, 3.63) is 71.0 Å². The lowest BCUT2D eigenvalue weighted by Gasteiger charge is -2.19. The molecule has 2 N–H and O–H groups in total. The number of guanidine groups is 1. The summed E-state index contributed by atoms with van der Waals surface area (Å²) in [6.07, 6.45) is 1.99. The fraction of sp³-hybridized carbons (Fsp3) is 0.381. The molecule has 27 heavy (non-hydrogen) atoms. The van der Waals surface area contributed by atoms with E-state index < -0.39 is 0 Å². The van der Waals surface area contributed by atoms with Gasteiger partial charge < -0.3 is 15.4 Å². The Balaban J connectivity index is 0.00000261. The monoisotopic (exact) mass is 483 g/mol. The Kier molecular flexibility index (Phi) is 8.04. The van der Waals surface area contributed by atoms with Crippen molar-refractivity contribution in [1.29, 1.82) is 0 Å². The number of aliphatic imine (C=N–C) groups is 1. The lowest BCUT2D eigenvalue weighted by molar-refractivity contribution is 0.185. The maximum absolute atomic E-state index is 14.1. The molecule has 0 atom stereocenters. The van der Waals surface area contributed by atoms with Gasteiger partial charge in [-0.05, 0) is 35.6 Å². The van der Waals surface area contributed by atoms with E-state index in [1.54, 1.807) is 20.2 Å². The molecule has 0 aromatic heterocycles. The molecule has 2 aromatic carbocycles. The Hall–Kier alpha value is -1.67. The van der Waals surface area contributed by atoms with Crippen LogP contribution in [-0.4, -0.2) is 26.7 Å². The highest BCUT2D eigenvalue weighted by Crippen LogP contribution is 2.48. The Morgan fingerprint density at radius 3 is 2.52 bits per heavy atom. The molecule has 0 saturated heterocycles. The predicted octanol–water partition coefficient (Wildman–Crippen LogP) is 3.99. The van der Waals surface area contributed by atoms with Crippen molar-refractivity contribution >= 4 is 29.9 Å². The molecule has 1 aliphatic carbocycles. The second-order valence-electron chi connectivity index (χ2n) is 6.79. The standard InChI is InChI=1S/C21H26FN3O.HI/c1-23-20(24-13-16-6-5-7-17(12-16)14-26-2)25-15-21(10-11-21)18-8-3-4-9-19(18)22;/h3-9,12H,10-11,13-15H2,1-2H3,(H2,23,24,25);1H. The van der Waals surface area contributed by atoms with Gasteiger partial charge in [-0.25, -0.2) is 4.39 Å². The molecule has 0 bridgehead atoms. The van der Waals surface area contributed by atoms with Crippen LogP contribution in [0.4, 0.5) is 4.39 Å². The minimum absolute atomic E-state index is 0. The van der Waals surface area contributed by atoms with Crippen LogP contribution >= 0.6 is 24.0 Å². The number of hydrogen-bond acceptors (Lipinski definition) is 2. The van der Waals surface area contributed by atoms with E-state index in [0.717, 1.165) is 35.5 Å². The van der Waals surface area contributed by atoms with E-state index >= 15 is 0 Å². The Labute approximate surface area is 177 Å². The molecule has 0 radical (unpaired) electrons. The van der Waals surface area contributed by atoms with Crippen molar-refractivity contribution in [1.82, 2.24) is 10.6 Å². The van der Waals surface area contributed by atoms with Gasteiger partial charge in [-0.15, -0.1) is 24.0 Å². The zero-order valence-electron chi connectivity index (χ0n) is 15.8. The number of benzene rings is 2. The molecule has 6 heteroatoms. The second-order valence-corrected chi connectivity index (χ2v) is 6.79. The van der Waals surface area contributed by atoms with Gasteiger partial charge in [0.1, 0.15) is 5.82 Å². The van der Waals surface area contributed by atoms with Crippen molar-refractivity contribution in [3.8, 4) is 0 Å². The van der Waals surface area contributed by atoms with Gasteiger partial charge >= 0.3 is 0 Å². The van der Waals surface area contributed by atoms with Gasteiger partial charge in [-0.2, -0.15) is 0 Å². The van der Waals surface area contributed by atoms with Crippen molar-refractivity contribution in [2.24, 2.45) is 4.99 Å². The largest absolute Gasteiger partial charge is 0.380 e. The molecule has 0 amide bonds. The van der Waals surface area contributed by atoms with Crippen LogP contribution in [0.5, 0.6) is 0 Å². The van der Waals surface area contributed by atoms with Crippen molar-refractivity contribution < 1.29 is 9.13 Å². The first-order chi connectivity index (χ1) is 12.7. The molecule has 1 fully saturated rings. The quantitative estimate of drug-likeness (QED) is 0.356. The smallest absolute Gasteiger partial charge is 0.191 e. The molecule has 2 aromatic rings. The average molecular weight is 483 g/mol.